The number of para-hydroxylation sites is 1. The molecule has 2 heterocycles. The first kappa shape index (κ1) is 18.8. The molecule has 4 nitrogen and oxygen atoms in total. The zero-order valence-electron chi connectivity index (χ0n) is 16.1. The second-order valence-electron chi connectivity index (χ2n) is 7.15. The molecular weight excluding hydrogens is 368 g/mol. The van der Waals surface area contributed by atoms with Gasteiger partial charge in [0, 0.05) is 18.0 Å². The third-order valence-corrected chi connectivity index (χ3v) is 6.35. The number of benzene rings is 2. The zero-order chi connectivity index (χ0) is 19.5. The van der Waals surface area contributed by atoms with Crippen LogP contribution in [-0.4, -0.2) is 36.3 Å². The van der Waals surface area contributed by atoms with Gasteiger partial charge in [-0.05, 0) is 48.6 Å². The molecule has 2 aromatic rings. The molecule has 4 rings (SSSR count). The topological polar surface area (TPSA) is 40.6 Å². The van der Waals surface area contributed by atoms with Gasteiger partial charge in [-0.3, -0.25) is 14.5 Å². The lowest BCUT2D eigenvalue weighted by Crippen LogP contribution is -2.43. The number of fused-ring (bicyclic) bond motifs is 1. The number of thioether (sulfide) groups is 1. The van der Waals surface area contributed by atoms with Gasteiger partial charge >= 0.3 is 0 Å². The van der Waals surface area contributed by atoms with Crippen molar-refractivity contribution in [2.45, 2.75) is 31.1 Å². The van der Waals surface area contributed by atoms with Gasteiger partial charge in [-0.25, -0.2) is 0 Å². The normalized spacial score (nSPS) is 17.9. The van der Waals surface area contributed by atoms with E-state index in [2.05, 4.69) is 19.1 Å². The molecule has 0 saturated carbocycles. The average molecular weight is 393 g/mol. The van der Waals surface area contributed by atoms with Gasteiger partial charge < -0.3 is 4.90 Å². The van der Waals surface area contributed by atoms with Crippen LogP contribution in [0.25, 0.3) is 6.08 Å². The standard InChI is InChI=1S/C23H24N2O2S/c1-2-17-9-11-18(12-10-17)15-21-23(27)25(16-22(26)24-13-5-6-14-24)19-7-3-4-8-20(19)28-21/h3-4,7-12,15H,2,5-6,13-14,16H2,1H3/b21-15+. The summed E-state index contributed by atoms with van der Waals surface area (Å²) in [5.74, 6) is -0.0741. The number of hydrogen-bond donors (Lipinski definition) is 0. The summed E-state index contributed by atoms with van der Waals surface area (Å²) in [6, 6.07) is 16.1. The van der Waals surface area contributed by atoms with Crippen LogP contribution in [0.4, 0.5) is 5.69 Å². The molecule has 1 saturated heterocycles. The first-order valence-corrected chi connectivity index (χ1v) is 10.6. The second-order valence-corrected chi connectivity index (χ2v) is 8.24. The SMILES string of the molecule is CCc1ccc(/C=C2/Sc3ccccc3N(CC(=O)N3CCCC3)C2=O)cc1. The molecule has 5 heteroatoms. The number of carbonyl (C=O) groups is 2. The van der Waals surface area contributed by atoms with Crippen molar-refractivity contribution in [3.05, 3.63) is 64.6 Å². The number of likely N-dealkylation sites (tertiary alicyclic amines) is 1. The largest absolute Gasteiger partial charge is 0.341 e. The number of nitrogens with zero attached hydrogens (tertiary/aromatic N) is 2. The van der Waals surface area contributed by atoms with Gasteiger partial charge in [0.05, 0.1) is 10.6 Å². The predicted molar refractivity (Wildman–Crippen MR) is 114 cm³/mol. The van der Waals surface area contributed by atoms with Crippen LogP contribution in [0.2, 0.25) is 0 Å². The van der Waals surface area contributed by atoms with Gasteiger partial charge in [-0.15, -0.1) is 0 Å². The summed E-state index contributed by atoms with van der Waals surface area (Å²) in [6.45, 7) is 3.82. The van der Waals surface area contributed by atoms with Gasteiger partial charge in [0.15, 0.2) is 0 Å². The number of rotatable bonds is 4. The Morgan fingerprint density at radius 3 is 2.50 bits per heavy atom. The van der Waals surface area contributed by atoms with Crippen LogP contribution < -0.4 is 4.90 Å². The highest BCUT2D eigenvalue weighted by molar-refractivity contribution is 8.04. The smallest absolute Gasteiger partial charge is 0.265 e. The highest BCUT2D eigenvalue weighted by atomic mass is 32.2. The van der Waals surface area contributed by atoms with E-state index in [0.717, 1.165) is 48.5 Å². The van der Waals surface area contributed by atoms with E-state index in [-0.39, 0.29) is 18.4 Å². The van der Waals surface area contributed by atoms with Crippen molar-refractivity contribution < 1.29 is 9.59 Å². The molecule has 0 atom stereocenters. The quantitative estimate of drug-likeness (QED) is 0.727. The Bertz CT molecular complexity index is 914. The van der Waals surface area contributed by atoms with Gasteiger partial charge in [-0.1, -0.05) is 55.1 Å². The molecule has 144 valence electrons. The second kappa shape index (κ2) is 8.23. The predicted octanol–water partition coefficient (Wildman–Crippen LogP) is 4.35. The molecule has 28 heavy (non-hydrogen) atoms. The van der Waals surface area contributed by atoms with Gasteiger partial charge in [0.25, 0.3) is 5.91 Å². The summed E-state index contributed by atoms with van der Waals surface area (Å²) in [5, 5.41) is 0. The van der Waals surface area contributed by atoms with Gasteiger partial charge in [-0.2, -0.15) is 0 Å². The molecule has 0 bridgehead atoms. The molecule has 0 N–H and O–H groups in total. The minimum atomic E-state index is -0.101. The Morgan fingerprint density at radius 2 is 1.79 bits per heavy atom. The van der Waals surface area contributed by atoms with Crippen molar-refractivity contribution in [1.29, 1.82) is 0 Å². The maximum Gasteiger partial charge on any atom is 0.265 e. The Hall–Kier alpha value is -2.53. The number of aryl methyl sites for hydroxylation is 1. The Labute approximate surface area is 170 Å². The first-order chi connectivity index (χ1) is 13.7. The fourth-order valence-electron chi connectivity index (χ4n) is 3.62. The van der Waals surface area contributed by atoms with Crippen molar-refractivity contribution in [2.75, 3.05) is 24.5 Å². The third kappa shape index (κ3) is 3.85. The fraction of sp³-hybridized carbons (Fsp3) is 0.304. The van der Waals surface area contributed by atoms with Crippen molar-refractivity contribution in [3.8, 4) is 0 Å². The molecule has 2 aromatic carbocycles. The number of amides is 2. The molecule has 0 aliphatic carbocycles. The molecular formula is C23H24N2O2S. The molecule has 2 aliphatic heterocycles. The molecule has 0 radical (unpaired) electrons. The fourth-order valence-corrected chi connectivity index (χ4v) is 4.68. The van der Waals surface area contributed by atoms with E-state index < -0.39 is 0 Å². The Kier molecular flexibility index (Phi) is 5.53. The first-order valence-electron chi connectivity index (χ1n) is 9.83. The van der Waals surface area contributed by atoms with Crippen molar-refractivity contribution in [3.63, 3.8) is 0 Å². The minimum Gasteiger partial charge on any atom is -0.341 e. The molecule has 0 aromatic heterocycles. The van der Waals surface area contributed by atoms with Crippen LogP contribution in [0.1, 0.15) is 30.9 Å². The number of carbonyl (C=O) groups excluding carboxylic acids is 2. The van der Waals surface area contributed by atoms with Gasteiger partial charge in [0.1, 0.15) is 6.54 Å². The molecule has 2 amide bonds. The van der Waals surface area contributed by atoms with E-state index in [9.17, 15) is 9.59 Å². The highest BCUT2D eigenvalue weighted by Crippen LogP contribution is 2.42. The highest BCUT2D eigenvalue weighted by Gasteiger charge is 2.32. The van der Waals surface area contributed by atoms with Crippen molar-refractivity contribution >= 4 is 35.3 Å². The number of anilines is 1. The van der Waals surface area contributed by atoms with E-state index in [1.807, 2.05) is 47.4 Å². The minimum absolute atomic E-state index is 0.0270. The van der Waals surface area contributed by atoms with Crippen LogP contribution in [0.3, 0.4) is 0 Å². The molecule has 0 unspecified atom stereocenters. The van der Waals surface area contributed by atoms with Crippen LogP contribution >= 0.6 is 11.8 Å². The summed E-state index contributed by atoms with van der Waals surface area (Å²) in [6.07, 6.45) is 5.01. The summed E-state index contributed by atoms with van der Waals surface area (Å²) < 4.78 is 0. The number of hydrogen-bond acceptors (Lipinski definition) is 3. The van der Waals surface area contributed by atoms with E-state index in [1.54, 1.807) is 4.90 Å². The average Bonchev–Trinajstić information content (AvgIpc) is 3.26. The molecule has 1 fully saturated rings. The lowest BCUT2D eigenvalue weighted by molar-refractivity contribution is -0.130. The lowest BCUT2D eigenvalue weighted by atomic mass is 10.1. The van der Waals surface area contributed by atoms with E-state index in [0.29, 0.717) is 4.91 Å². The summed E-state index contributed by atoms with van der Waals surface area (Å²) in [7, 11) is 0. The Morgan fingerprint density at radius 1 is 1.07 bits per heavy atom. The van der Waals surface area contributed by atoms with Crippen LogP contribution in [0.5, 0.6) is 0 Å². The summed E-state index contributed by atoms with van der Waals surface area (Å²) in [5.41, 5.74) is 3.09. The van der Waals surface area contributed by atoms with Gasteiger partial charge in [0.2, 0.25) is 5.91 Å². The van der Waals surface area contributed by atoms with Crippen LogP contribution in [0, 0.1) is 0 Å². The monoisotopic (exact) mass is 392 g/mol. The van der Waals surface area contributed by atoms with Crippen LogP contribution in [0.15, 0.2) is 58.3 Å². The maximum absolute atomic E-state index is 13.2. The zero-order valence-corrected chi connectivity index (χ0v) is 16.9. The van der Waals surface area contributed by atoms with E-state index in [4.69, 9.17) is 0 Å². The third-order valence-electron chi connectivity index (χ3n) is 5.27. The Balaban J connectivity index is 1.63. The van der Waals surface area contributed by atoms with E-state index >= 15 is 0 Å². The van der Waals surface area contributed by atoms with Crippen molar-refractivity contribution in [1.82, 2.24) is 4.90 Å². The molecule has 0 spiro atoms. The van der Waals surface area contributed by atoms with E-state index in [1.165, 1.54) is 17.3 Å². The lowest BCUT2D eigenvalue weighted by Gasteiger charge is -2.31. The molecule has 2 aliphatic rings. The van der Waals surface area contributed by atoms with Crippen LogP contribution in [-0.2, 0) is 16.0 Å². The maximum atomic E-state index is 13.2. The summed E-state index contributed by atoms with van der Waals surface area (Å²) >= 11 is 1.48. The van der Waals surface area contributed by atoms with Crippen molar-refractivity contribution in [2.24, 2.45) is 0 Å². The summed E-state index contributed by atoms with van der Waals surface area (Å²) in [4.78, 5) is 31.1.